The predicted octanol–water partition coefficient (Wildman–Crippen LogP) is 3.35. The number of nitrogens with zero attached hydrogens (tertiary/aromatic N) is 3. The maximum atomic E-state index is 13.2. The van der Waals surface area contributed by atoms with E-state index in [4.69, 9.17) is 0 Å². The van der Waals surface area contributed by atoms with Crippen LogP contribution in [0.25, 0.3) is 11.1 Å². The van der Waals surface area contributed by atoms with Gasteiger partial charge in [0, 0.05) is 30.6 Å². The van der Waals surface area contributed by atoms with Crippen LogP contribution in [-0.2, 0) is 6.42 Å². The minimum absolute atomic E-state index is 0.00540. The molecule has 5 nitrogen and oxygen atoms in total. The average Bonchev–Trinajstić information content (AvgIpc) is 2.75. The third-order valence-electron chi connectivity index (χ3n) is 5.41. The van der Waals surface area contributed by atoms with E-state index in [2.05, 4.69) is 10.2 Å². The standard InChI is InChI=1S/C23H23N3O2/c27-22(21-9-5-4-8-20(21)19-10-13-24-25-17-19)26-14-11-23(28,12-15-26)16-18-6-2-1-3-7-18/h1-10,13,17,28H,11-12,14-16H2. The third-order valence-corrected chi connectivity index (χ3v) is 5.41. The van der Waals surface area contributed by atoms with Crippen molar-refractivity contribution in [2.45, 2.75) is 24.9 Å². The van der Waals surface area contributed by atoms with Crippen LogP contribution >= 0.6 is 0 Å². The highest BCUT2D eigenvalue weighted by Crippen LogP contribution is 2.29. The summed E-state index contributed by atoms with van der Waals surface area (Å²) in [6.45, 7) is 1.09. The number of hydrogen-bond acceptors (Lipinski definition) is 4. The van der Waals surface area contributed by atoms with E-state index in [0.29, 0.717) is 37.9 Å². The van der Waals surface area contributed by atoms with Gasteiger partial charge in [-0.1, -0.05) is 48.5 Å². The van der Waals surface area contributed by atoms with E-state index >= 15 is 0 Å². The lowest BCUT2D eigenvalue weighted by Gasteiger charge is -2.38. The number of carbonyl (C=O) groups excluding carboxylic acids is 1. The first-order chi connectivity index (χ1) is 13.6. The van der Waals surface area contributed by atoms with Gasteiger partial charge in [-0.2, -0.15) is 10.2 Å². The zero-order valence-electron chi connectivity index (χ0n) is 15.7. The van der Waals surface area contributed by atoms with Crippen molar-refractivity contribution < 1.29 is 9.90 Å². The zero-order chi connectivity index (χ0) is 19.4. The fraction of sp³-hybridized carbons (Fsp3) is 0.261. The van der Waals surface area contributed by atoms with Crippen molar-refractivity contribution in [1.29, 1.82) is 0 Å². The molecule has 0 bridgehead atoms. The summed E-state index contributed by atoms with van der Waals surface area (Å²) in [4.78, 5) is 15.0. The van der Waals surface area contributed by atoms with Crippen LogP contribution in [0.15, 0.2) is 73.1 Å². The molecule has 0 aliphatic carbocycles. The van der Waals surface area contributed by atoms with Gasteiger partial charge in [-0.15, -0.1) is 0 Å². The number of rotatable bonds is 4. The first-order valence-corrected chi connectivity index (χ1v) is 9.56. The Kier molecular flexibility index (Phi) is 5.17. The minimum Gasteiger partial charge on any atom is -0.389 e. The molecule has 0 spiro atoms. The first kappa shape index (κ1) is 18.3. The summed E-state index contributed by atoms with van der Waals surface area (Å²) in [7, 11) is 0. The van der Waals surface area contributed by atoms with Gasteiger partial charge >= 0.3 is 0 Å². The molecule has 2 aromatic carbocycles. The topological polar surface area (TPSA) is 66.3 Å². The van der Waals surface area contributed by atoms with Gasteiger partial charge in [-0.25, -0.2) is 0 Å². The maximum Gasteiger partial charge on any atom is 0.254 e. The minimum atomic E-state index is -0.757. The van der Waals surface area contributed by atoms with E-state index in [-0.39, 0.29) is 5.91 Å². The van der Waals surface area contributed by atoms with Crippen molar-refractivity contribution in [3.05, 3.63) is 84.2 Å². The first-order valence-electron chi connectivity index (χ1n) is 9.56. The van der Waals surface area contributed by atoms with Crippen LogP contribution in [0.2, 0.25) is 0 Å². The summed E-state index contributed by atoms with van der Waals surface area (Å²) in [6.07, 6.45) is 5.07. The number of piperidine rings is 1. The largest absolute Gasteiger partial charge is 0.389 e. The van der Waals surface area contributed by atoms with Crippen LogP contribution in [-0.4, -0.2) is 44.8 Å². The summed E-state index contributed by atoms with van der Waals surface area (Å²) < 4.78 is 0. The summed E-state index contributed by atoms with van der Waals surface area (Å²) in [5.41, 5.74) is 2.75. The number of likely N-dealkylation sites (tertiary alicyclic amines) is 1. The molecule has 28 heavy (non-hydrogen) atoms. The number of benzene rings is 2. The lowest BCUT2D eigenvalue weighted by Crippen LogP contribution is -2.47. The molecule has 0 unspecified atom stereocenters. The van der Waals surface area contributed by atoms with Gasteiger partial charge in [0.15, 0.2) is 0 Å². The van der Waals surface area contributed by atoms with Gasteiger partial charge < -0.3 is 10.0 Å². The van der Waals surface area contributed by atoms with Crippen molar-refractivity contribution >= 4 is 5.91 Å². The van der Waals surface area contributed by atoms with Crippen LogP contribution in [0, 0.1) is 0 Å². The Balaban J connectivity index is 1.48. The molecule has 0 atom stereocenters. The van der Waals surface area contributed by atoms with Gasteiger partial charge in [0.2, 0.25) is 0 Å². The van der Waals surface area contributed by atoms with Gasteiger partial charge in [0.05, 0.1) is 18.0 Å². The lowest BCUT2D eigenvalue weighted by molar-refractivity contribution is -0.0162. The molecule has 0 saturated carbocycles. The van der Waals surface area contributed by atoms with Crippen LogP contribution in [0.3, 0.4) is 0 Å². The molecule has 0 radical (unpaired) electrons. The molecule has 4 rings (SSSR count). The third kappa shape index (κ3) is 3.94. The average molecular weight is 373 g/mol. The zero-order valence-corrected chi connectivity index (χ0v) is 15.7. The molecule has 2 heterocycles. The van der Waals surface area contributed by atoms with E-state index in [0.717, 1.165) is 16.7 Å². The molecule has 1 aliphatic rings. The Morgan fingerprint density at radius 1 is 0.964 bits per heavy atom. The summed E-state index contributed by atoms with van der Waals surface area (Å²) in [6, 6.07) is 19.5. The normalized spacial score (nSPS) is 16.0. The quantitative estimate of drug-likeness (QED) is 0.762. The van der Waals surface area contributed by atoms with Gasteiger partial charge in [-0.05, 0) is 36.1 Å². The molecule has 1 fully saturated rings. The highest BCUT2D eigenvalue weighted by atomic mass is 16.3. The van der Waals surface area contributed by atoms with Crippen LogP contribution < -0.4 is 0 Å². The highest BCUT2D eigenvalue weighted by molar-refractivity contribution is 6.00. The molecule has 1 N–H and O–H groups in total. The molecule has 1 saturated heterocycles. The number of aromatic nitrogens is 2. The second-order valence-corrected chi connectivity index (χ2v) is 7.36. The molecule has 3 aromatic rings. The van der Waals surface area contributed by atoms with Crippen molar-refractivity contribution in [3.63, 3.8) is 0 Å². The highest BCUT2D eigenvalue weighted by Gasteiger charge is 2.34. The lowest BCUT2D eigenvalue weighted by atomic mass is 9.85. The molecular weight excluding hydrogens is 350 g/mol. The molecule has 142 valence electrons. The predicted molar refractivity (Wildman–Crippen MR) is 108 cm³/mol. The number of hydrogen-bond donors (Lipinski definition) is 1. The summed E-state index contributed by atoms with van der Waals surface area (Å²) in [5, 5.41) is 18.7. The van der Waals surface area contributed by atoms with E-state index in [1.807, 2.05) is 65.6 Å². The van der Waals surface area contributed by atoms with Crippen LogP contribution in [0.4, 0.5) is 0 Å². The molecule has 1 aromatic heterocycles. The van der Waals surface area contributed by atoms with Crippen molar-refractivity contribution in [2.75, 3.05) is 13.1 Å². The van der Waals surface area contributed by atoms with Crippen molar-refractivity contribution in [2.24, 2.45) is 0 Å². The Morgan fingerprint density at radius 2 is 1.68 bits per heavy atom. The van der Waals surface area contributed by atoms with E-state index in [9.17, 15) is 9.90 Å². The Labute approximate surface area is 164 Å². The van der Waals surface area contributed by atoms with Crippen molar-refractivity contribution in [1.82, 2.24) is 15.1 Å². The second-order valence-electron chi connectivity index (χ2n) is 7.36. The number of aliphatic hydroxyl groups is 1. The molecular formula is C23H23N3O2. The van der Waals surface area contributed by atoms with Gasteiger partial charge in [0.1, 0.15) is 0 Å². The number of amides is 1. The van der Waals surface area contributed by atoms with Crippen LogP contribution in [0.5, 0.6) is 0 Å². The Bertz CT molecular complexity index is 936. The SMILES string of the molecule is O=C(c1ccccc1-c1ccnnc1)N1CCC(O)(Cc2ccccc2)CC1. The Hall–Kier alpha value is -3.05. The van der Waals surface area contributed by atoms with E-state index in [1.54, 1.807) is 12.4 Å². The Morgan fingerprint density at radius 3 is 2.39 bits per heavy atom. The summed E-state index contributed by atoms with van der Waals surface area (Å²) in [5.74, 6) is -0.00540. The molecule has 5 heteroatoms. The fourth-order valence-corrected chi connectivity index (χ4v) is 3.82. The summed E-state index contributed by atoms with van der Waals surface area (Å²) >= 11 is 0. The smallest absolute Gasteiger partial charge is 0.254 e. The van der Waals surface area contributed by atoms with E-state index < -0.39 is 5.60 Å². The monoisotopic (exact) mass is 373 g/mol. The molecule has 1 amide bonds. The fourth-order valence-electron chi connectivity index (χ4n) is 3.82. The maximum absolute atomic E-state index is 13.2. The van der Waals surface area contributed by atoms with Gasteiger partial charge in [-0.3, -0.25) is 4.79 Å². The second kappa shape index (κ2) is 7.90. The van der Waals surface area contributed by atoms with Crippen LogP contribution in [0.1, 0.15) is 28.8 Å². The van der Waals surface area contributed by atoms with E-state index in [1.165, 1.54) is 0 Å². The number of carbonyl (C=O) groups is 1. The van der Waals surface area contributed by atoms with Gasteiger partial charge in [0.25, 0.3) is 5.91 Å². The van der Waals surface area contributed by atoms with Crippen molar-refractivity contribution in [3.8, 4) is 11.1 Å². The molecule has 1 aliphatic heterocycles.